The van der Waals surface area contributed by atoms with Gasteiger partial charge in [-0.25, -0.2) is 4.98 Å². The van der Waals surface area contributed by atoms with Crippen LogP contribution in [0.4, 0.5) is 5.69 Å². The summed E-state index contributed by atoms with van der Waals surface area (Å²) in [5.41, 5.74) is 3.49. The molecule has 3 heterocycles. The molecule has 8 nitrogen and oxygen atoms in total. The Kier molecular flexibility index (Phi) is 5.79. The average molecular weight is 468 g/mol. The van der Waals surface area contributed by atoms with Crippen LogP contribution < -0.4 is 10.9 Å². The predicted octanol–water partition coefficient (Wildman–Crippen LogP) is 4.09. The van der Waals surface area contributed by atoms with Crippen molar-refractivity contribution in [1.82, 2.24) is 20.2 Å². The molecule has 1 aliphatic rings. The molecule has 0 saturated carbocycles. The zero-order valence-electron chi connectivity index (χ0n) is 17.4. The largest absolute Gasteiger partial charge is 0.423 e. The number of H-pyrrole nitrogens is 1. The molecule has 5 rings (SSSR count). The first-order valence-electron chi connectivity index (χ1n) is 10.4. The van der Waals surface area contributed by atoms with E-state index in [0.29, 0.717) is 23.2 Å². The fraction of sp³-hybridized carbons (Fsp3) is 0.318. The third-order valence-electron chi connectivity index (χ3n) is 5.46. The highest BCUT2D eigenvalue weighted by Crippen LogP contribution is 2.33. The van der Waals surface area contributed by atoms with Gasteiger partial charge in [-0.2, -0.15) is 0 Å². The van der Waals surface area contributed by atoms with E-state index in [1.54, 1.807) is 11.3 Å². The number of nitrogens with one attached hydrogen (secondary N) is 2. The minimum absolute atomic E-state index is 0.0667. The first-order chi connectivity index (χ1) is 15.6. The van der Waals surface area contributed by atoms with Crippen molar-refractivity contribution in [3.05, 3.63) is 56.8 Å². The second-order valence-electron chi connectivity index (χ2n) is 7.72. The maximum atomic E-state index is 12.6. The molecule has 0 fully saturated rings. The fourth-order valence-electron chi connectivity index (χ4n) is 3.89. The lowest BCUT2D eigenvalue weighted by molar-refractivity contribution is -0.113. The molecule has 1 aromatic carbocycles. The van der Waals surface area contributed by atoms with E-state index < -0.39 is 0 Å². The summed E-state index contributed by atoms with van der Waals surface area (Å²) in [6.45, 7) is 1.92. The molecule has 10 heteroatoms. The highest BCUT2D eigenvalue weighted by Gasteiger charge is 2.20. The van der Waals surface area contributed by atoms with Crippen molar-refractivity contribution in [2.75, 3.05) is 11.1 Å². The van der Waals surface area contributed by atoms with Crippen LogP contribution >= 0.6 is 23.1 Å². The molecule has 0 atom stereocenters. The van der Waals surface area contributed by atoms with E-state index in [4.69, 9.17) is 4.42 Å². The Bertz CT molecular complexity index is 1340. The molecule has 0 aliphatic heterocycles. The maximum absolute atomic E-state index is 12.6. The van der Waals surface area contributed by atoms with Gasteiger partial charge in [-0.05, 0) is 55.9 Å². The van der Waals surface area contributed by atoms with Crippen LogP contribution in [-0.4, -0.2) is 31.8 Å². The number of carbonyl (C=O) groups is 1. The maximum Gasteiger partial charge on any atom is 0.259 e. The third kappa shape index (κ3) is 4.20. The topological polar surface area (TPSA) is 114 Å². The lowest BCUT2D eigenvalue weighted by Gasteiger charge is -2.10. The molecular formula is C22H21N5O3S2. The number of amides is 1. The molecule has 3 aromatic heterocycles. The van der Waals surface area contributed by atoms with Crippen molar-refractivity contribution >= 4 is 44.9 Å². The van der Waals surface area contributed by atoms with Crippen LogP contribution in [0.25, 0.3) is 21.7 Å². The number of hydrogen-bond acceptors (Lipinski definition) is 8. The fourth-order valence-corrected chi connectivity index (χ4v) is 5.86. The Balaban J connectivity index is 1.23. The van der Waals surface area contributed by atoms with E-state index in [1.165, 1.54) is 35.0 Å². The number of rotatable bonds is 6. The number of benzene rings is 1. The van der Waals surface area contributed by atoms with E-state index in [9.17, 15) is 9.59 Å². The van der Waals surface area contributed by atoms with E-state index >= 15 is 0 Å². The molecule has 0 saturated heterocycles. The molecule has 2 N–H and O–H groups in total. The summed E-state index contributed by atoms with van der Waals surface area (Å²) in [6, 6.07) is 5.58. The normalized spacial score (nSPS) is 13.3. The molecule has 4 aromatic rings. The van der Waals surface area contributed by atoms with Gasteiger partial charge in [0.2, 0.25) is 18.2 Å². The average Bonchev–Trinajstić information content (AvgIpc) is 3.43. The number of thiophene rings is 1. The number of aromatic nitrogens is 4. The second-order valence-corrected chi connectivity index (χ2v) is 9.79. The van der Waals surface area contributed by atoms with Crippen molar-refractivity contribution in [1.29, 1.82) is 0 Å². The van der Waals surface area contributed by atoms with Gasteiger partial charge in [-0.3, -0.25) is 9.59 Å². The van der Waals surface area contributed by atoms with Crippen LogP contribution in [-0.2, 0) is 23.4 Å². The van der Waals surface area contributed by atoms with Gasteiger partial charge in [0.25, 0.3) is 5.56 Å². The number of hydrogen-bond donors (Lipinski definition) is 2. The van der Waals surface area contributed by atoms with Crippen molar-refractivity contribution < 1.29 is 9.21 Å². The van der Waals surface area contributed by atoms with Gasteiger partial charge in [0, 0.05) is 16.1 Å². The van der Waals surface area contributed by atoms with Crippen molar-refractivity contribution in [3.63, 3.8) is 0 Å². The molecule has 32 heavy (non-hydrogen) atoms. The zero-order valence-corrected chi connectivity index (χ0v) is 19.1. The van der Waals surface area contributed by atoms with Crippen molar-refractivity contribution in [2.45, 2.75) is 38.4 Å². The molecule has 1 amide bonds. The van der Waals surface area contributed by atoms with Crippen molar-refractivity contribution in [3.8, 4) is 11.5 Å². The van der Waals surface area contributed by atoms with Gasteiger partial charge >= 0.3 is 0 Å². The summed E-state index contributed by atoms with van der Waals surface area (Å²) in [4.78, 5) is 34.8. The quantitative estimate of drug-likeness (QED) is 0.439. The van der Waals surface area contributed by atoms with Crippen LogP contribution in [0, 0.1) is 6.92 Å². The summed E-state index contributed by atoms with van der Waals surface area (Å²) in [5, 5.41) is 11.3. The predicted molar refractivity (Wildman–Crippen MR) is 126 cm³/mol. The number of fused-ring (bicyclic) bond motifs is 3. The van der Waals surface area contributed by atoms with Gasteiger partial charge < -0.3 is 14.7 Å². The van der Waals surface area contributed by atoms with Crippen LogP contribution in [0.5, 0.6) is 0 Å². The number of anilines is 1. The molecular weight excluding hydrogens is 446 g/mol. The minimum Gasteiger partial charge on any atom is -0.423 e. The van der Waals surface area contributed by atoms with Crippen LogP contribution in [0.2, 0.25) is 0 Å². The number of aryl methyl sites for hydroxylation is 3. The number of thioether (sulfide) groups is 1. The second kappa shape index (κ2) is 8.87. The monoisotopic (exact) mass is 467 g/mol. The minimum atomic E-state index is -0.129. The Labute approximate surface area is 191 Å². The first kappa shape index (κ1) is 20.9. The first-order valence-corrected chi connectivity index (χ1v) is 12.3. The zero-order chi connectivity index (χ0) is 22.1. The van der Waals surface area contributed by atoms with E-state index in [2.05, 4.69) is 25.5 Å². The summed E-state index contributed by atoms with van der Waals surface area (Å²) in [6.07, 6.45) is 5.56. The Hall–Kier alpha value is -2.98. The van der Waals surface area contributed by atoms with E-state index in [0.717, 1.165) is 40.6 Å². The van der Waals surface area contributed by atoms with Gasteiger partial charge in [-0.1, -0.05) is 6.07 Å². The highest BCUT2D eigenvalue weighted by atomic mass is 32.2. The Morgan fingerprint density at radius 2 is 2.19 bits per heavy atom. The van der Waals surface area contributed by atoms with Gasteiger partial charge in [0.1, 0.15) is 10.7 Å². The number of nitrogens with zero attached hydrogens (tertiary/aromatic N) is 3. The molecule has 0 radical (unpaired) electrons. The summed E-state index contributed by atoms with van der Waals surface area (Å²) >= 11 is 3.05. The third-order valence-corrected chi connectivity index (χ3v) is 7.59. The van der Waals surface area contributed by atoms with Crippen LogP contribution in [0.1, 0.15) is 34.7 Å². The molecule has 0 spiro atoms. The molecule has 0 bridgehead atoms. The summed E-state index contributed by atoms with van der Waals surface area (Å²) < 4.78 is 5.23. The molecule has 0 unspecified atom stereocenters. The Morgan fingerprint density at radius 1 is 1.31 bits per heavy atom. The standard InChI is InChI=1S/C22H21N5O3S2/c1-12-6-7-13(21-27-23-11-30-21)8-15(12)24-18(28)10-31-9-17-25-20(29)19-14-4-2-3-5-16(14)32-22(19)26-17/h6-8,11H,2-5,9-10H2,1H3,(H,24,28)(H,25,26,29). The number of carbonyl (C=O) groups excluding carboxylic acids is 1. The van der Waals surface area contributed by atoms with Gasteiger partial charge in [0.05, 0.1) is 16.9 Å². The smallest absolute Gasteiger partial charge is 0.259 e. The van der Waals surface area contributed by atoms with Crippen LogP contribution in [0.3, 0.4) is 0 Å². The lowest BCUT2D eigenvalue weighted by atomic mass is 9.97. The lowest BCUT2D eigenvalue weighted by Crippen LogP contribution is -2.16. The van der Waals surface area contributed by atoms with E-state index in [1.807, 2.05) is 25.1 Å². The molecule has 164 valence electrons. The van der Waals surface area contributed by atoms with Crippen molar-refractivity contribution in [2.24, 2.45) is 0 Å². The SMILES string of the molecule is Cc1ccc(-c2nnco2)cc1NC(=O)CSCc1nc2sc3c(c2c(=O)[nH]1)CCCC3. The van der Waals surface area contributed by atoms with E-state index in [-0.39, 0.29) is 17.2 Å². The number of aromatic amines is 1. The van der Waals surface area contributed by atoms with Gasteiger partial charge in [-0.15, -0.1) is 33.3 Å². The summed E-state index contributed by atoms with van der Waals surface area (Å²) in [7, 11) is 0. The highest BCUT2D eigenvalue weighted by molar-refractivity contribution is 7.99. The summed E-state index contributed by atoms with van der Waals surface area (Å²) in [5.74, 6) is 1.58. The van der Waals surface area contributed by atoms with Crippen LogP contribution in [0.15, 0.2) is 33.8 Å². The van der Waals surface area contributed by atoms with Gasteiger partial charge in [0.15, 0.2) is 0 Å². The molecule has 1 aliphatic carbocycles. The Morgan fingerprint density at radius 3 is 3.03 bits per heavy atom.